The number of carbonyl (C=O) groups is 1. The van der Waals surface area contributed by atoms with E-state index in [9.17, 15) is 4.79 Å². The van der Waals surface area contributed by atoms with E-state index in [2.05, 4.69) is 5.32 Å². The van der Waals surface area contributed by atoms with E-state index >= 15 is 0 Å². The molecule has 0 aliphatic rings. The van der Waals surface area contributed by atoms with Crippen molar-refractivity contribution >= 4 is 22.9 Å². The summed E-state index contributed by atoms with van der Waals surface area (Å²) in [5.74, 6) is -0.0555. The zero-order valence-electron chi connectivity index (χ0n) is 8.36. The van der Waals surface area contributed by atoms with Crippen LogP contribution in [0.25, 0.3) is 0 Å². The molecule has 0 radical (unpaired) electrons. The molecule has 0 saturated carbocycles. The zero-order chi connectivity index (χ0) is 10.7. The summed E-state index contributed by atoms with van der Waals surface area (Å²) in [5, 5.41) is 6.57. The number of carbonyl (C=O) groups excluding carboxylic acids is 1. The standard InChI is InChI=1S/C12H11NOS/c1-9-2-4-11(5-3-9)13-12(14)10-6-7-15-8-10/h2-8H,1H3,(H,13,14). The van der Waals surface area contributed by atoms with Gasteiger partial charge in [-0.25, -0.2) is 0 Å². The summed E-state index contributed by atoms with van der Waals surface area (Å²) in [5.41, 5.74) is 2.72. The minimum absolute atomic E-state index is 0.0555. The Kier molecular flexibility index (Phi) is 2.83. The molecule has 1 amide bonds. The number of thiophene rings is 1. The van der Waals surface area contributed by atoms with Gasteiger partial charge in [-0.1, -0.05) is 17.7 Å². The third kappa shape index (κ3) is 2.44. The quantitative estimate of drug-likeness (QED) is 0.821. The van der Waals surface area contributed by atoms with E-state index in [0.717, 1.165) is 5.69 Å². The molecule has 2 rings (SSSR count). The van der Waals surface area contributed by atoms with Crippen molar-refractivity contribution < 1.29 is 4.79 Å². The highest BCUT2D eigenvalue weighted by Gasteiger charge is 2.05. The second-order valence-corrected chi connectivity index (χ2v) is 4.11. The molecule has 2 nitrogen and oxygen atoms in total. The predicted octanol–water partition coefficient (Wildman–Crippen LogP) is 3.31. The maximum absolute atomic E-state index is 11.7. The van der Waals surface area contributed by atoms with Crippen LogP contribution in [0.3, 0.4) is 0 Å². The van der Waals surface area contributed by atoms with Crippen molar-refractivity contribution in [1.29, 1.82) is 0 Å². The van der Waals surface area contributed by atoms with Crippen molar-refractivity contribution in [2.75, 3.05) is 5.32 Å². The van der Waals surface area contributed by atoms with Crippen LogP contribution < -0.4 is 5.32 Å². The summed E-state index contributed by atoms with van der Waals surface area (Å²) in [6.07, 6.45) is 0. The molecule has 2 aromatic rings. The molecule has 3 heteroatoms. The van der Waals surface area contributed by atoms with E-state index in [1.165, 1.54) is 16.9 Å². The third-order valence-electron chi connectivity index (χ3n) is 2.09. The smallest absolute Gasteiger partial charge is 0.256 e. The molecule has 1 aromatic heterocycles. The summed E-state index contributed by atoms with van der Waals surface area (Å²) in [6.45, 7) is 2.02. The fourth-order valence-electron chi connectivity index (χ4n) is 1.23. The lowest BCUT2D eigenvalue weighted by Crippen LogP contribution is -2.10. The first-order valence-corrected chi connectivity index (χ1v) is 5.60. The summed E-state index contributed by atoms with van der Waals surface area (Å²) in [4.78, 5) is 11.7. The van der Waals surface area contributed by atoms with Crippen LogP contribution >= 0.6 is 11.3 Å². The van der Waals surface area contributed by atoms with Gasteiger partial charge in [-0.3, -0.25) is 4.79 Å². The van der Waals surface area contributed by atoms with E-state index in [1.54, 1.807) is 0 Å². The SMILES string of the molecule is Cc1ccc(NC(=O)c2ccsc2)cc1. The largest absolute Gasteiger partial charge is 0.322 e. The van der Waals surface area contributed by atoms with Crippen molar-refractivity contribution in [3.63, 3.8) is 0 Å². The van der Waals surface area contributed by atoms with Crippen molar-refractivity contribution in [3.8, 4) is 0 Å². The van der Waals surface area contributed by atoms with E-state index in [0.29, 0.717) is 5.56 Å². The highest BCUT2D eigenvalue weighted by atomic mass is 32.1. The molecule has 0 fully saturated rings. The second kappa shape index (κ2) is 4.28. The summed E-state index contributed by atoms with van der Waals surface area (Å²) in [6, 6.07) is 9.57. The van der Waals surface area contributed by atoms with Gasteiger partial charge in [0.1, 0.15) is 0 Å². The second-order valence-electron chi connectivity index (χ2n) is 3.33. The van der Waals surface area contributed by atoms with Gasteiger partial charge in [0.2, 0.25) is 0 Å². The lowest BCUT2D eigenvalue weighted by Gasteiger charge is -2.03. The van der Waals surface area contributed by atoms with Gasteiger partial charge in [0.25, 0.3) is 5.91 Å². The minimum Gasteiger partial charge on any atom is -0.322 e. The fraction of sp³-hybridized carbons (Fsp3) is 0.0833. The molecule has 15 heavy (non-hydrogen) atoms. The van der Waals surface area contributed by atoms with Gasteiger partial charge in [0.15, 0.2) is 0 Å². The van der Waals surface area contributed by atoms with Crippen LogP contribution in [0.1, 0.15) is 15.9 Å². The van der Waals surface area contributed by atoms with Crippen molar-refractivity contribution in [3.05, 3.63) is 52.2 Å². The average molecular weight is 217 g/mol. The summed E-state index contributed by atoms with van der Waals surface area (Å²) in [7, 11) is 0. The van der Waals surface area contributed by atoms with Crippen LogP contribution in [-0.2, 0) is 0 Å². The van der Waals surface area contributed by atoms with Gasteiger partial charge in [-0.2, -0.15) is 11.3 Å². The lowest BCUT2D eigenvalue weighted by atomic mass is 10.2. The van der Waals surface area contributed by atoms with E-state index in [4.69, 9.17) is 0 Å². The van der Waals surface area contributed by atoms with Gasteiger partial charge in [-0.15, -0.1) is 0 Å². The minimum atomic E-state index is -0.0555. The fourth-order valence-corrected chi connectivity index (χ4v) is 1.87. The first-order valence-electron chi connectivity index (χ1n) is 4.66. The van der Waals surface area contributed by atoms with Gasteiger partial charge in [0, 0.05) is 11.1 Å². The summed E-state index contributed by atoms with van der Waals surface area (Å²) >= 11 is 1.52. The number of benzene rings is 1. The Morgan fingerprint density at radius 2 is 1.93 bits per heavy atom. The highest BCUT2D eigenvalue weighted by molar-refractivity contribution is 7.08. The lowest BCUT2D eigenvalue weighted by molar-refractivity contribution is 0.102. The monoisotopic (exact) mass is 217 g/mol. The number of anilines is 1. The van der Waals surface area contributed by atoms with E-state index in [1.807, 2.05) is 48.0 Å². The molecule has 0 spiro atoms. The first-order chi connectivity index (χ1) is 7.25. The van der Waals surface area contributed by atoms with Crippen LogP contribution in [-0.4, -0.2) is 5.91 Å². The molecule has 76 valence electrons. The molecule has 1 N–H and O–H groups in total. The van der Waals surface area contributed by atoms with Crippen LogP contribution in [0.5, 0.6) is 0 Å². The normalized spacial score (nSPS) is 9.93. The van der Waals surface area contributed by atoms with Gasteiger partial charge in [0.05, 0.1) is 5.56 Å². The first kappa shape index (κ1) is 9.93. The van der Waals surface area contributed by atoms with Crippen LogP contribution in [0.4, 0.5) is 5.69 Å². The van der Waals surface area contributed by atoms with E-state index < -0.39 is 0 Å². The molecule has 0 aliphatic carbocycles. The van der Waals surface area contributed by atoms with Crippen LogP contribution in [0.2, 0.25) is 0 Å². The Balaban J connectivity index is 2.09. The Morgan fingerprint density at radius 3 is 2.53 bits per heavy atom. The topological polar surface area (TPSA) is 29.1 Å². The van der Waals surface area contributed by atoms with Gasteiger partial charge < -0.3 is 5.32 Å². The van der Waals surface area contributed by atoms with Gasteiger partial charge in [-0.05, 0) is 30.5 Å². The molecule has 1 aromatic carbocycles. The molecular weight excluding hydrogens is 206 g/mol. The Labute approximate surface area is 92.6 Å². The molecule has 0 bridgehead atoms. The molecular formula is C12H11NOS. The molecule has 0 aliphatic heterocycles. The summed E-state index contributed by atoms with van der Waals surface area (Å²) < 4.78 is 0. The number of hydrogen-bond acceptors (Lipinski definition) is 2. The Morgan fingerprint density at radius 1 is 1.20 bits per heavy atom. The number of nitrogens with one attached hydrogen (secondary N) is 1. The van der Waals surface area contributed by atoms with Crippen molar-refractivity contribution in [2.24, 2.45) is 0 Å². The average Bonchev–Trinajstić information content (AvgIpc) is 2.74. The van der Waals surface area contributed by atoms with Crippen LogP contribution in [0, 0.1) is 6.92 Å². The molecule has 1 heterocycles. The Hall–Kier alpha value is -1.61. The van der Waals surface area contributed by atoms with Crippen molar-refractivity contribution in [2.45, 2.75) is 6.92 Å². The number of amides is 1. The van der Waals surface area contributed by atoms with E-state index in [-0.39, 0.29) is 5.91 Å². The number of rotatable bonds is 2. The van der Waals surface area contributed by atoms with Crippen molar-refractivity contribution in [1.82, 2.24) is 0 Å². The molecule has 0 unspecified atom stereocenters. The predicted molar refractivity (Wildman–Crippen MR) is 63.5 cm³/mol. The molecule has 0 saturated heterocycles. The molecule has 0 atom stereocenters. The third-order valence-corrected chi connectivity index (χ3v) is 2.78. The Bertz CT molecular complexity index is 445. The van der Waals surface area contributed by atoms with Gasteiger partial charge >= 0.3 is 0 Å². The maximum atomic E-state index is 11.7. The maximum Gasteiger partial charge on any atom is 0.256 e. The highest BCUT2D eigenvalue weighted by Crippen LogP contribution is 2.12. The van der Waals surface area contributed by atoms with Crippen LogP contribution in [0.15, 0.2) is 41.1 Å². The zero-order valence-corrected chi connectivity index (χ0v) is 9.17. The number of hydrogen-bond donors (Lipinski definition) is 1. The number of aryl methyl sites for hydroxylation is 1.